The molecule has 0 aromatic heterocycles. The Hall–Kier alpha value is -3.64. The van der Waals surface area contributed by atoms with Crippen molar-refractivity contribution in [3.8, 4) is 0 Å². The van der Waals surface area contributed by atoms with Gasteiger partial charge in [-0.15, -0.1) is 23.4 Å². The number of aliphatic hydroxyl groups is 1. The third-order valence-corrected chi connectivity index (χ3v) is 10.3. The SMILES string of the molecule is NC(=O)C1CC[N+](C/C=C/C2=C(C(=O)OC(c3ccccc3)c3ccccc3)N3C(=O)[C@@H](NC(=O)CCl)[C@@H]3SC2)(CCO)CC1. The average Bonchev–Trinajstić information content (AvgIpc) is 3.06. The number of fused-ring (bicyclic) bond motifs is 1. The van der Waals surface area contributed by atoms with Gasteiger partial charge in [-0.2, -0.15) is 0 Å². The molecule has 5 rings (SSSR count). The lowest BCUT2D eigenvalue weighted by atomic mass is 9.94. The van der Waals surface area contributed by atoms with Gasteiger partial charge in [0, 0.05) is 24.5 Å². The standard InChI is InChI=1S/C33H37ClN4O6S/c34-20-26(40)36-27-31(42)37-28(33(43)44-29(22-8-3-1-4-9-22)23-10-5-2-6-11-23)25(21-45-32(27)37)12-7-15-38(18-19-39)16-13-24(14-17-38)30(35)41/h1-12,24,27,29,32,39H,13-21H2,(H2-,35,36,40,41)/p+1/b12-7+/t24?,27-,32+,38?/m1/s1. The summed E-state index contributed by atoms with van der Waals surface area (Å²) in [4.78, 5) is 52.7. The summed E-state index contributed by atoms with van der Waals surface area (Å²) >= 11 is 7.13. The number of β-lactam (4-membered cyclic amide) rings is 1. The van der Waals surface area contributed by atoms with Gasteiger partial charge in [-0.05, 0) is 22.8 Å². The van der Waals surface area contributed by atoms with Crippen LogP contribution in [0.15, 0.2) is 84.1 Å². The summed E-state index contributed by atoms with van der Waals surface area (Å²) < 4.78 is 6.79. The number of primary amides is 1. The second kappa shape index (κ2) is 14.6. The summed E-state index contributed by atoms with van der Waals surface area (Å²) in [5, 5.41) is 12.0. The normalized spacial score (nSPS) is 24.7. The number of rotatable bonds is 12. The fourth-order valence-corrected chi connectivity index (χ4v) is 7.64. The molecule has 0 spiro atoms. The lowest BCUT2D eigenvalue weighted by Gasteiger charge is -2.49. The van der Waals surface area contributed by atoms with Gasteiger partial charge >= 0.3 is 5.97 Å². The number of halogens is 1. The van der Waals surface area contributed by atoms with Gasteiger partial charge in [0.25, 0.3) is 5.91 Å². The third kappa shape index (κ3) is 7.27. The molecule has 238 valence electrons. The van der Waals surface area contributed by atoms with E-state index in [0.717, 1.165) is 11.1 Å². The molecule has 2 atom stereocenters. The number of carbonyl (C=O) groups excluding carboxylic acids is 4. The molecular weight excluding hydrogens is 616 g/mol. The minimum atomic E-state index is -0.793. The Bertz CT molecular complexity index is 1420. The van der Waals surface area contributed by atoms with Crippen LogP contribution in [0, 0.1) is 5.92 Å². The molecule has 2 aromatic carbocycles. The number of thioether (sulfide) groups is 1. The topological polar surface area (TPSA) is 139 Å². The number of nitrogens with zero attached hydrogens (tertiary/aromatic N) is 2. The van der Waals surface area contributed by atoms with Crippen molar-refractivity contribution < 1.29 is 33.5 Å². The minimum Gasteiger partial charge on any atom is -0.448 e. The molecule has 2 saturated heterocycles. The van der Waals surface area contributed by atoms with Crippen molar-refractivity contribution in [2.75, 3.05) is 44.4 Å². The molecule has 45 heavy (non-hydrogen) atoms. The Kier molecular flexibility index (Phi) is 10.7. The number of aliphatic hydroxyl groups excluding tert-OH is 1. The summed E-state index contributed by atoms with van der Waals surface area (Å²) in [6.45, 7) is 2.51. The molecule has 3 amide bonds. The molecule has 3 aliphatic heterocycles. The second-order valence-corrected chi connectivity index (χ2v) is 12.9. The summed E-state index contributed by atoms with van der Waals surface area (Å²) in [6, 6.07) is 18.0. The second-order valence-electron chi connectivity index (χ2n) is 11.6. The van der Waals surface area contributed by atoms with E-state index < -0.39 is 35.3 Å². The number of amides is 3. The van der Waals surface area contributed by atoms with E-state index in [-0.39, 0.29) is 30.0 Å². The molecule has 0 bridgehead atoms. The van der Waals surface area contributed by atoms with E-state index >= 15 is 0 Å². The lowest BCUT2D eigenvalue weighted by molar-refractivity contribution is -0.928. The molecular formula is C33H38ClN4O6S+. The molecule has 3 heterocycles. The smallest absolute Gasteiger partial charge is 0.356 e. The largest absolute Gasteiger partial charge is 0.448 e. The van der Waals surface area contributed by atoms with E-state index in [1.54, 1.807) is 0 Å². The van der Waals surface area contributed by atoms with Gasteiger partial charge in [0.15, 0.2) is 6.10 Å². The van der Waals surface area contributed by atoms with Crippen molar-refractivity contribution in [3.63, 3.8) is 0 Å². The number of ether oxygens (including phenoxy) is 1. The Balaban J connectivity index is 1.44. The molecule has 10 nitrogen and oxygen atoms in total. The number of hydrogen-bond acceptors (Lipinski definition) is 7. The van der Waals surface area contributed by atoms with Gasteiger partial charge in [0.05, 0.1) is 26.2 Å². The predicted molar refractivity (Wildman–Crippen MR) is 171 cm³/mol. The number of piperidine rings is 1. The van der Waals surface area contributed by atoms with Crippen LogP contribution in [0.2, 0.25) is 0 Å². The molecule has 3 aliphatic rings. The van der Waals surface area contributed by atoms with Gasteiger partial charge in [0.1, 0.15) is 29.5 Å². The van der Waals surface area contributed by atoms with Crippen LogP contribution in [0.25, 0.3) is 0 Å². The van der Waals surface area contributed by atoms with Crippen molar-refractivity contribution in [2.24, 2.45) is 11.7 Å². The number of alkyl halides is 1. The van der Waals surface area contributed by atoms with E-state index in [9.17, 15) is 24.3 Å². The first kappa shape index (κ1) is 32.7. The zero-order valence-electron chi connectivity index (χ0n) is 24.8. The van der Waals surface area contributed by atoms with E-state index in [2.05, 4.69) is 5.32 Å². The van der Waals surface area contributed by atoms with Crippen LogP contribution in [0.5, 0.6) is 0 Å². The van der Waals surface area contributed by atoms with Crippen LogP contribution in [-0.4, -0.2) is 94.0 Å². The highest BCUT2D eigenvalue weighted by atomic mass is 35.5. The third-order valence-electron chi connectivity index (χ3n) is 8.75. The summed E-state index contributed by atoms with van der Waals surface area (Å²) in [5.41, 5.74) is 7.89. The van der Waals surface area contributed by atoms with Crippen LogP contribution in [-0.2, 0) is 23.9 Å². The van der Waals surface area contributed by atoms with Crippen LogP contribution in [0.4, 0.5) is 0 Å². The van der Waals surface area contributed by atoms with Gasteiger partial charge < -0.3 is 25.4 Å². The molecule has 4 N–H and O–H groups in total. The monoisotopic (exact) mass is 653 g/mol. The van der Waals surface area contributed by atoms with E-state index in [1.807, 2.05) is 72.8 Å². The predicted octanol–water partition coefficient (Wildman–Crippen LogP) is 2.47. The van der Waals surface area contributed by atoms with Crippen molar-refractivity contribution >= 4 is 47.1 Å². The Morgan fingerprint density at radius 3 is 2.27 bits per heavy atom. The number of carbonyl (C=O) groups is 4. The van der Waals surface area contributed by atoms with Gasteiger partial charge in [-0.3, -0.25) is 19.3 Å². The number of nitrogens with one attached hydrogen (secondary N) is 1. The van der Waals surface area contributed by atoms with Gasteiger partial charge in [-0.1, -0.05) is 66.7 Å². The summed E-state index contributed by atoms with van der Waals surface area (Å²) in [5.74, 6) is -1.83. The maximum Gasteiger partial charge on any atom is 0.356 e. The highest BCUT2D eigenvalue weighted by Crippen LogP contribution is 2.42. The van der Waals surface area contributed by atoms with E-state index in [1.165, 1.54) is 16.7 Å². The first-order valence-electron chi connectivity index (χ1n) is 15.0. The number of esters is 1. The Labute approximate surface area is 271 Å². The highest BCUT2D eigenvalue weighted by Gasteiger charge is 2.54. The molecule has 2 aromatic rings. The van der Waals surface area contributed by atoms with Gasteiger partial charge in [0.2, 0.25) is 11.8 Å². The van der Waals surface area contributed by atoms with Crippen LogP contribution >= 0.6 is 23.4 Å². The van der Waals surface area contributed by atoms with Crippen LogP contribution in [0.1, 0.15) is 30.1 Å². The minimum absolute atomic E-state index is 0.00489. The molecule has 0 saturated carbocycles. The zero-order valence-corrected chi connectivity index (χ0v) is 26.4. The van der Waals surface area contributed by atoms with Crippen molar-refractivity contribution in [1.82, 2.24) is 10.2 Å². The maximum atomic E-state index is 14.1. The van der Waals surface area contributed by atoms with Crippen molar-refractivity contribution in [1.29, 1.82) is 0 Å². The molecule has 12 heteroatoms. The lowest BCUT2D eigenvalue weighted by Crippen LogP contribution is -2.70. The Morgan fingerprint density at radius 1 is 1.09 bits per heavy atom. The number of hydrogen-bond donors (Lipinski definition) is 3. The number of benzene rings is 2. The maximum absolute atomic E-state index is 14.1. The molecule has 0 unspecified atom stereocenters. The highest BCUT2D eigenvalue weighted by molar-refractivity contribution is 8.00. The zero-order chi connectivity index (χ0) is 32.0. The average molecular weight is 654 g/mol. The Morgan fingerprint density at radius 2 is 1.71 bits per heavy atom. The number of nitrogens with two attached hydrogens (primary N) is 1. The summed E-state index contributed by atoms with van der Waals surface area (Å²) in [6.07, 6.45) is 4.42. The summed E-state index contributed by atoms with van der Waals surface area (Å²) in [7, 11) is 0. The quantitative estimate of drug-likeness (QED) is 0.138. The van der Waals surface area contributed by atoms with Crippen LogP contribution in [0.3, 0.4) is 0 Å². The van der Waals surface area contributed by atoms with E-state index in [4.69, 9.17) is 22.1 Å². The fraction of sp³-hybridized carbons (Fsp3) is 0.394. The van der Waals surface area contributed by atoms with E-state index in [0.29, 0.717) is 54.8 Å². The van der Waals surface area contributed by atoms with Gasteiger partial charge in [-0.25, -0.2) is 4.79 Å². The van der Waals surface area contributed by atoms with Crippen molar-refractivity contribution in [2.45, 2.75) is 30.4 Å². The van der Waals surface area contributed by atoms with Crippen molar-refractivity contribution in [3.05, 3.63) is 95.2 Å². The molecule has 0 aliphatic carbocycles. The first-order chi connectivity index (χ1) is 21.8. The number of quaternary nitrogens is 1. The molecule has 0 radical (unpaired) electrons. The fourth-order valence-electron chi connectivity index (χ4n) is 6.25. The number of allylic oxidation sites excluding steroid dienone is 1. The number of likely N-dealkylation sites (tertiary alicyclic amines) is 1. The van der Waals surface area contributed by atoms with Crippen LogP contribution < -0.4 is 11.1 Å². The first-order valence-corrected chi connectivity index (χ1v) is 16.6. The molecule has 2 fully saturated rings.